The van der Waals surface area contributed by atoms with E-state index in [2.05, 4.69) is 0 Å². The van der Waals surface area contributed by atoms with Crippen LogP contribution in [-0.2, 0) is 0 Å². The van der Waals surface area contributed by atoms with Crippen LogP contribution in [0.3, 0.4) is 0 Å². The third kappa shape index (κ3) is 3.41. The summed E-state index contributed by atoms with van der Waals surface area (Å²) in [6, 6.07) is 28.3. The Balaban J connectivity index is 1.57. The Bertz CT molecular complexity index is 1250. The Labute approximate surface area is 162 Å². The third-order valence-electron chi connectivity index (χ3n) is 4.97. The van der Waals surface area contributed by atoms with Gasteiger partial charge in [-0.25, -0.2) is 0 Å². The number of hydrogen-bond donors (Lipinski definition) is 0. The molecule has 0 bridgehead atoms. The van der Waals surface area contributed by atoms with Crippen molar-refractivity contribution in [2.45, 2.75) is 6.42 Å². The molecule has 3 nitrogen and oxygen atoms in total. The maximum Gasteiger partial charge on any atom is 0.180 e. The van der Waals surface area contributed by atoms with Crippen molar-refractivity contribution < 1.29 is 9.59 Å². The fraction of sp³-hybridized carbons (Fsp3) is 0.0800. The number of fused-ring (bicyclic) bond motifs is 2. The van der Waals surface area contributed by atoms with Gasteiger partial charge in [-0.15, -0.1) is 0 Å². The van der Waals surface area contributed by atoms with Crippen LogP contribution in [0.15, 0.2) is 84.9 Å². The molecule has 1 unspecified atom stereocenters. The predicted molar refractivity (Wildman–Crippen MR) is 110 cm³/mol. The Morgan fingerprint density at radius 2 is 1.21 bits per heavy atom. The lowest BCUT2D eigenvalue weighted by atomic mass is 9.90. The molecule has 0 saturated carbocycles. The maximum atomic E-state index is 12.8. The van der Waals surface area contributed by atoms with E-state index in [-0.39, 0.29) is 18.0 Å². The number of hydrogen-bond acceptors (Lipinski definition) is 3. The molecule has 0 fully saturated rings. The van der Waals surface area contributed by atoms with Crippen molar-refractivity contribution in [3.63, 3.8) is 0 Å². The first kappa shape index (κ1) is 17.6. The molecule has 0 aliphatic rings. The largest absolute Gasteiger partial charge is 0.294 e. The van der Waals surface area contributed by atoms with Gasteiger partial charge >= 0.3 is 0 Å². The van der Waals surface area contributed by atoms with Crippen LogP contribution in [0.2, 0.25) is 0 Å². The fourth-order valence-corrected chi connectivity index (χ4v) is 3.41. The van der Waals surface area contributed by atoms with Gasteiger partial charge in [0.1, 0.15) is 5.92 Å². The molecule has 0 heterocycles. The number of nitrogens with zero attached hydrogens (tertiary/aromatic N) is 1. The molecule has 3 heteroatoms. The van der Waals surface area contributed by atoms with Crippen LogP contribution in [0.5, 0.6) is 0 Å². The van der Waals surface area contributed by atoms with Crippen LogP contribution in [0.1, 0.15) is 27.1 Å². The molecule has 1 atom stereocenters. The number of nitriles is 1. The zero-order valence-corrected chi connectivity index (χ0v) is 15.1. The number of carbonyl (C=O) groups is 2. The highest BCUT2D eigenvalue weighted by atomic mass is 16.1. The van der Waals surface area contributed by atoms with E-state index < -0.39 is 5.92 Å². The minimum atomic E-state index is -1.000. The normalized spacial score (nSPS) is 11.8. The number of rotatable bonds is 5. The van der Waals surface area contributed by atoms with Gasteiger partial charge in [-0.3, -0.25) is 9.59 Å². The zero-order valence-electron chi connectivity index (χ0n) is 15.1. The number of benzene rings is 4. The molecule has 134 valence electrons. The smallest absolute Gasteiger partial charge is 0.180 e. The van der Waals surface area contributed by atoms with Crippen molar-refractivity contribution in [3.05, 3.63) is 96.1 Å². The Morgan fingerprint density at radius 1 is 0.714 bits per heavy atom. The van der Waals surface area contributed by atoms with Gasteiger partial charge in [0.2, 0.25) is 0 Å². The van der Waals surface area contributed by atoms with Gasteiger partial charge in [0.05, 0.1) is 6.07 Å². The summed E-state index contributed by atoms with van der Waals surface area (Å²) in [6.07, 6.45) is -0.125. The monoisotopic (exact) mass is 363 g/mol. The summed E-state index contributed by atoms with van der Waals surface area (Å²) in [5, 5.41) is 13.5. The first-order valence-corrected chi connectivity index (χ1v) is 9.10. The lowest BCUT2D eigenvalue weighted by Crippen LogP contribution is -2.17. The average Bonchev–Trinajstić information content (AvgIpc) is 2.76. The van der Waals surface area contributed by atoms with Crippen molar-refractivity contribution in [2.24, 2.45) is 5.92 Å². The summed E-state index contributed by atoms with van der Waals surface area (Å²) in [4.78, 5) is 25.5. The first-order chi connectivity index (χ1) is 13.7. The van der Waals surface area contributed by atoms with Gasteiger partial charge in [0, 0.05) is 17.5 Å². The summed E-state index contributed by atoms with van der Waals surface area (Å²) < 4.78 is 0. The summed E-state index contributed by atoms with van der Waals surface area (Å²) >= 11 is 0. The standard InChI is InChI=1S/C25H17NO2/c26-16-23(25(28)22-12-10-18-6-2-4-8-20(18)14-22)15-24(27)21-11-9-17-5-1-3-7-19(17)13-21/h1-14,23H,15H2. The molecule has 0 radical (unpaired) electrons. The van der Waals surface area contributed by atoms with Crippen molar-refractivity contribution in [2.75, 3.05) is 0 Å². The molecule has 0 N–H and O–H groups in total. The first-order valence-electron chi connectivity index (χ1n) is 9.10. The van der Waals surface area contributed by atoms with Gasteiger partial charge in [0.15, 0.2) is 11.6 Å². The molecule has 0 aliphatic heterocycles. The summed E-state index contributed by atoms with van der Waals surface area (Å²) in [5.41, 5.74) is 0.974. The molecular formula is C25H17NO2. The van der Waals surface area contributed by atoms with Crippen LogP contribution < -0.4 is 0 Å². The van der Waals surface area contributed by atoms with Gasteiger partial charge in [-0.2, -0.15) is 5.26 Å². The van der Waals surface area contributed by atoms with Crippen molar-refractivity contribution >= 4 is 33.1 Å². The third-order valence-corrected chi connectivity index (χ3v) is 4.97. The van der Waals surface area contributed by atoms with E-state index in [4.69, 9.17) is 0 Å². The topological polar surface area (TPSA) is 57.9 Å². The zero-order chi connectivity index (χ0) is 19.5. The molecule has 4 aromatic carbocycles. The fourth-order valence-electron chi connectivity index (χ4n) is 3.41. The van der Waals surface area contributed by atoms with Crippen molar-refractivity contribution in [1.82, 2.24) is 0 Å². The van der Waals surface area contributed by atoms with E-state index in [1.807, 2.05) is 72.8 Å². The molecule has 0 amide bonds. The van der Waals surface area contributed by atoms with E-state index in [0.29, 0.717) is 11.1 Å². The highest BCUT2D eigenvalue weighted by molar-refractivity contribution is 6.07. The van der Waals surface area contributed by atoms with Crippen LogP contribution in [0.4, 0.5) is 0 Å². The Morgan fingerprint density at radius 3 is 1.79 bits per heavy atom. The van der Waals surface area contributed by atoms with E-state index in [1.165, 1.54) is 0 Å². The van der Waals surface area contributed by atoms with Gasteiger partial charge in [-0.1, -0.05) is 72.8 Å². The summed E-state index contributed by atoms with van der Waals surface area (Å²) in [5.74, 6) is -1.52. The summed E-state index contributed by atoms with van der Waals surface area (Å²) in [7, 11) is 0. The van der Waals surface area contributed by atoms with Gasteiger partial charge in [-0.05, 0) is 33.7 Å². The van der Waals surface area contributed by atoms with Gasteiger partial charge < -0.3 is 0 Å². The van der Waals surface area contributed by atoms with Crippen LogP contribution in [-0.4, -0.2) is 11.6 Å². The maximum absolute atomic E-state index is 12.8. The molecule has 0 saturated heterocycles. The van der Waals surface area contributed by atoms with Crippen molar-refractivity contribution in [3.8, 4) is 6.07 Å². The second-order valence-electron chi connectivity index (χ2n) is 6.80. The minimum Gasteiger partial charge on any atom is -0.294 e. The van der Waals surface area contributed by atoms with Crippen LogP contribution >= 0.6 is 0 Å². The molecule has 28 heavy (non-hydrogen) atoms. The molecule has 0 aromatic heterocycles. The quantitative estimate of drug-likeness (QED) is 0.434. The van der Waals surface area contributed by atoms with E-state index in [9.17, 15) is 14.9 Å². The Kier molecular flexibility index (Phi) is 4.70. The lowest BCUT2D eigenvalue weighted by molar-refractivity contribution is 0.0882. The highest BCUT2D eigenvalue weighted by Gasteiger charge is 2.24. The predicted octanol–water partition coefficient (Wildman–Crippen LogP) is 5.59. The average molecular weight is 363 g/mol. The van der Waals surface area contributed by atoms with E-state index >= 15 is 0 Å². The lowest BCUT2D eigenvalue weighted by Gasteiger charge is -2.09. The number of Topliss-reactive ketones (excluding diaryl/α,β-unsaturated/α-hetero) is 2. The molecule has 0 spiro atoms. The van der Waals surface area contributed by atoms with Crippen molar-refractivity contribution in [1.29, 1.82) is 5.26 Å². The molecule has 4 aromatic rings. The highest BCUT2D eigenvalue weighted by Crippen LogP contribution is 2.22. The second-order valence-corrected chi connectivity index (χ2v) is 6.80. The van der Waals surface area contributed by atoms with Gasteiger partial charge in [0.25, 0.3) is 0 Å². The Hall–Kier alpha value is -3.77. The molecule has 4 rings (SSSR count). The van der Waals surface area contributed by atoms with E-state index in [0.717, 1.165) is 21.5 Å². The van der Waals surface area contributed by atoms with E-state index in [1.54, 1.807) is 18.2 Å². The minimum absolute atomic E-state index is 0.125. The number of carbonyl (C=O) groups excluding carboxylic acids is 2. The van der Waals surface area contributed by atoms with Crippen LogP contribution in [0, 0.1) is 17.2 Å². The molecular weight excluding hydrogens is 346 g/mol. The second kappa shape index (κ2) is 7.46. The molecule has 0 aliphatic carbocycles. The summed E-state index contributed by atoms with van der Waals surface area (Å²) in [6.45, 7) is 0. The SMILES string of the molecule is N#CC(CC(=O)c1ccc2ccccc2c1)C(=O)c1ccc2ccccc2c1. The van der Waals surface area contributed by atoms with Crippen LogP contribution in [0.25, 0.3) is 21.5 Å². The number of ketones is 2.